The molecule has 216 valence electrons. The van der Waals surface area contributed by atoms with Crippen LogP contribution in [0.3, 0.4) is 0 Å². The van der Waals surface area contributed by atoms with Crippen LogP contribution < -0.4 is 15.5 Å². The number of alkyl carbamates (subject to hydrolysis) is 1. The molecule has 10 heteroatoms. The van der Waals surface area contributed by atoms with Crippen molar-refractivity contribution < 1.29 is 23.9 Å². The van der Waals surface area contributed by atoms with Gasteiger partial charge >= 0.3 is 12.1 Å². The summed E-state index contributed by atoms with van der Waals surface area (Å²) in [6.07, 6.45) is 2.76. The summed E-state index contributed by atoms with van der Waals surface area (Å²) in [7, 11) is 0. The minimum absolute atomic E-state index is 0.0945. The number of benzene rings is 2. The maximum atomic E-state index is 13.7. The van der Waals surface area contributed by atoms with E-state index in [9.17, 15) is 19.2 Å². The number of aryl methyl sites for hydroxylation is 1. The lowest BCUT2D eigenvalue weighted by Gasteiger charge is -2.46. The van der Waals surface area contributed by atoms with Gasteiger partial charge in [-0.1, -0.05) is 30.3 Å². The molecular formula is C31H37N5O5. The number of anilines is 1. The van der Waals surface area contributed by atoms with Crippen LogP contribution in [0.4, 0.5) is 15.3 Å². The van der Waals surface area contributed by atoms with Gasteiger partial charge in [-0.15, -0.1) is 0 Å². The Kier molecular flexibility index (Phi) is 7.75. The fraction of sp³-hybridized carbons (Fsp3) is 0.419. The first-order valence-electron chi connectivity index (χ1n) is 14.1. The molecule has 3 atom stereocenters. The molecule has 2 saturated heterocycles. The first-order valence-corrected chi connectivity index (χ1v) is 14.1. The van der Waals surface area contributed by atoms with E-state index < -0.39 is 35.7 Å². The third-order valence-corrected chi connectivity index (χ3v) is 7.54. The molecule has 0 bridgehead atoms. The Morgan fingerprint density at radius 1 is 1.12 bits per heavy atom. The molecule has 1 aromatic heterocycles. The number of piperidine rings is 1. The predicted molar refractivity (Wildman–Crippen MR) is 155 cm³/mol. The quantitative estimate of drug-likeness (QED) is 0.413. The number of imide groups is 1. The van der Waals surface area contributed by atoms with Crippen molar-refractivity contribution in [1.29, 1.82) is 0 Å². The number of amides is 5. The van der Waals surface area contributed by atoms with Crippen molar-refractivity contribution in [2.45, 2.75) is 77.1 Å². The first kappa shape index (κ1) is 28.2. The number of para-hydroxylation sites is 1. The molecule has 10 nitrogen and oxygen atoms in total. The van der Waals surface area contributed by atoms with E-state index in [1.54, 1.807) is 31.7 Å². The number of nitrogens with zero attached hydrogens (tertiary/aromatic N) is 2. The zero-order chi connectivity index (χ0) is 29.3. The molecule has 0 spiro atoms. The van der Waals surface area contributed by atoms with Gasteiger partial charge in [-0.25, -0.2) is 14.5 Å². The number of aromatic amines is 1. The molecule has 5 amide bonds. The summed E-state index contributed by atoms with van der Waals surface area (Å²) in [5, 5.41) is 6.77. The second kappa shape index (κ2) is 11.3. The van der Waals surface area contributed by atoms with Gasteiger partial charge in [0.15, 0.2) is 0 Å². The smallest absolute Gasteiger partial charge is 0.408 e. The molecular weight excluding hydrogens is 522 g/mol. The molecule has 0 saturated carbocycles. The van der Waals surface area contributed by atoms with Gasteiger partial charge in [0, 0.05) is 36.1 Å². The minimum Gasteiger partial charge on any atom is -0.444 e. The van der Waals surface area contributed by atoms with E-state index in [1.807, 2.05) is 55.6 Å². The fourth-order valence-corrected chi connectivity index (χ4v) is 5.70. The SMILES string of the molecule is Cc1cccc(N2C(=O)C[C@H]3[C@H](NC(=O)[C@H](Cc4c[nH]c5ccccc45)NC(=O)OC(C)(C)C)CCCN3C2=O)c1. The van der Waals surface area contributed by atoms with Crippen LogP contribution in [0.25, 0.3) is 10.9 Å². The number of hydrogen-bond acceptors (Lipinski definition) is 5. The molecule has 0 aliphatic carbocycles. The molecule has 3 heterocycles. The van der Waals surface area contributed by atoms with Crippen LogP contribution in [0.15, 0.2) is 54.7 Å². The van der Waals surface area contributed by atoms with Gasteiger partial charge in [0.1, 0.15) is 11.6 Å². The summed E-state index contributed by atoms with van der Waals surface area (Å²) in [6.45, 7) is 7.69. The summed E-state index contributed by atoms with van der Waals surface area (Å²) in [6, 6.07) is 12.8. The highest BCUT2D eigenvalue weighted by Gasteiger charge is 2.45. The highest BCUT2D eigenvalue weighted by atomic mass is 16.6. The van der Waals surface area contributed by atoms with Crippen molar-refractivity contribution in [3.8, 4) is 0 Å². The third-order valence-electron chi connectivity index (χ3n) is 7.54. The number of carbonyl (C=O) groups excluding carboxylic acids is 4. The van der Waals surface area contributed by atoms with Crippen LogP contribution in [0.5, 0.6) is 0 Å². The van der Waals surface area contributed by atoms with Crippen molar-refractivity contribution >= 4 is 40.5 Å². The van der Waals surface area contributed by atoms with Crippen molar-refractivity contribution in [3.05, 3.63) is 65.9 Å². The number of rotatable bonds is 6. The average molecular weight is 560 g/mol. The Labute approximate surface area is 239 Å². The topological polar surface area (TPSA) is 124 Å². The second-order valence-corrected chi connectivity index (χ2v) is 11.8. The molecule has 0 unspecified atom stereocenters. The van der Waals surface area contributed by atoms with Gasteiger partial charge in [0.2, 0.25) is 11.8 Å². The second-order valence-electron chi connectivity index (χ2n) is 11.8. The van der Waals surface area contributed by atoms with E-state index in [-0.39, 0.29) is 24.8 Å². The number of urea groups is 1. The predicted octanol–water partition coefficient (Wildman–Crippen LogP) is 4.42. The standard InChI is InChI=1S/C31H37N5O5/c1-19-9-7-10-21(15-19)36-27(37)17-26-24(13-8-14-35(26)30(36)40)33-28(38)25(34-29(39)41-31(2,3)4)16-20-18-32-23-12-6-5-11-22(20)23/h5-7,9-12,15,18,24-26,32H,8,13-14,16-17H2,1-4H3,(H,33,38)(H,34,39)/t24-,25+,26+/m1/s1. The van der Waals surface area contributed by atoms with Crippen molar-refractivity contribution in [1.82, 2.24) is 20.5 Å². The molecule has 2 aromatic carbocycles. The third kappa shape index (κ3) is 6.21. The molecule has 0 radical (unpaired) electrons. The molecule has 2 fully saturated rings. The van der Waals surface area contributed by atoms with Gasteiger partial charge in [0.25, 0.3) is 0 Å². The van der Waals surface area contributed by atoms with Crippen LogP contribution in [0.1, 0.15) is 51.2 Å². The largest absolute Gasteiger partial charge is 0.444 e. The van der Waals surface area contributed by atoms with E-state index >= 15 is 0 Å². The van der Waals surface area contributed by atoms with E-state index in [0.717, 1.165) is 22.0 Å². The Bertz CT molecular complexity index is 1470. The average Bonchev–Trinajstić information content (AvgIpc) is 3.30. The van der Waals surface area contributed by atoms with Crippen molar-refractivity contribution in [2.75, 3.05) is 11.4 Å². The van der Waals surface area contributed by atoms with E-state index in [1.165, 1.54) is 4.90 Å². The van der Waals surface area contributed by atoms with Gasteiger partial charge in [-0.3, -0.25) is 9.59 Å². The Morgan fingerprint density at radius 2 is 1.90 bits per heavy atom. The molecule has 2 aliphatic heterocycles. The van der Waals surface area contributed by atoms with Gasteiger partial charge in [-0.2, -0.15) is 0 Å². The number of aromatic nitrogens is 1. The highest BCUT2D eigenvalue weighted by molar-refractivity contribution is 6.16. The van der Waals surface area contributed by atoms with Crippen molar-refractivity contribution in [3.63, 3.8) is 0 Å². The van der Waals surface area contributed by atoms with Gasteiger partial charge in [0.05, 0.1) is 18.2 Å². The fourth-order valence-electron chi connectivity index (χ4n) is 5.70. The van der Waals surface area contributed by atoms with Gasteiger partial charge in [-0.05, 0) is 69.9 Å². The molecule has 5 rings (SSSR count). The number of H-pyrrole nitrogens is 1. The maximum absolute atomic E-state index is 13.7. The zero-order valence-corrected chi connectivity index (χ0v) is 23.9. The molecule has 41 heavy (non-hydrogen) atoms. The number of ether oxygens (including phenoxy) is 1. The lowest BCUT2D eigenvalue weighted by Crippen LogP contribution is -2.66. The maximum Gasteiger partial charge on any atom is 0.408 e. The summed E-state index contributed by atoms with van der Waals surface area (Å²) >= 11 is 0. The van der Waals surface area contributed by atoms with Gasteiger partial charge < -0.3 is 25.3 Å². The lowest BCUT2D eigenvalue weighted by molar-refractivity contribution is -0.126. The lowest BCUT2D eigenvalue weighted by atomic mass is 9.91. The van der Waals surface area contributed by atoms with Crippen LogP contribution in [-0.2, 0) is 20.7 Å². The van der Waals surface area contributed by atoms with E-state index in [0.29, 0.717) is 25.1 Å². The van der Waals surface area contributed by atoms with Crippen LogP contribution in [0, 0.1) is 6.92 Å². The minimum atomic E-state index is -0.932. The number of hydrogen-bond donors (Lipinski definition) is 3. The molecule has 2 aliphatic rings. The van der Waals surface area contributed by atoms with Crippen LogP contribution >= 0.6 is 0 Å². The Morgan fingerprint density at radius 3 is 2.66 bits per heavy atom. The summed E-state index contributed by atoms with van der Waals surface area (Å²) < 4.78 is 5.45. The summed E-state index contributed by atoms with van der Waals surface area (Å²) in [5.41, 5.74) is 2.57. The van der Waals surface area contributed by atoms with Crippen LogP contribution in [-0.4, -0.2) is 64.1 Å². The normalized spacial score (nSPS) is 20.0. The first-order chi connectivity index (χ1) is 19.5. The van der Waals surface area contributed by atoms with E-state index in [4.69, 9.17) is 4.74 Å². The monoisotopic (exact) mass is 559 g/mol. The number of nitrogens with one attached hydrogen (secondary N) is 3. The number of carbonyl (C=O) groups is 4. The molecule has 3 aromatic rings. The van der Waals surface area contributed by atoms with E-state index in [2.05, 4.69) is 15.6 Å². The highest BCUT2D eigenvalue weighted by Crippen LogP contribution is 2.30. The summed E-state index contributed by atoms with van der Waals surface area (Å²) in [4.78, 5) is 59.4. The molecule has 3 N–H and O–H groups in total. The Balaban J connectivity index is 1.35. The zero-order valence-electron chi connectivity index (χ0n) is 23.9. The van der Waals surface area contributed by atoms with Crippen molar-refractivity contribution in [2.24, 2.45) is 0 Å². The number of fused-ring (bicyclic) bond motifs is 2. The summed E-state index contributed by atoms with van der Waals surface area (Å²) in [5.74, 6) is -0.695. The van der Waals surface area contributed by atoms with Crippen LogP contribution in [0.2, 0.25) is 0 Å². The Hall–Kier alpha value is -4.34.